The number of amides is 1. The number of hydrogen-bond acceptors (Lipinski definition) is 4. The number of halogens is 2. The highest BCUT2D eigenvalue weighted by atomic mass is 19.1. The van der Waals surface area contributed by atoms with Gasteiger partial charge in [0.25, 0.3) is 5.91 Å². The van der Waals surface area contributed by atoms with Crippen LogP contribution in [0.1, 0.15) is 23.2 Å². The molecule has 1 fully saturated rings. The van der Waals surface area contributed by atoms with E-state index >= 15 is 0 Å². The minimum atomic E-state index is -1.04. The van der Waals surface area contributed by atoms with Gasteiger partial charge in [0.1, 0.15) is 11.6 Å². The Hall–Kier alpha value is -2.32. The summed E-state index contributed by atoms with van der Waals surface area (Å²) in [5.41, 5.74) is -1.41. The number of ether oxygens (including phenoxy) is 1. The summed E-state index contributed by atoms with van der Waals surface area (Å²) in [6.07, 6.45) is 2.02. The van der Waals surface area contributed by atoms with Crippen molar-refractivity contribution >= 4 is 5.91 Å². The number of nitrogens with zero attached hydrogens (tertiary/aromatic N) is 1. The standard InChI is InChI=1S/C16H17F2N3O3/c17-11-2-1-3-12(18)13(11)14-10(8-20-21-14)15(22)19-9-16(23)4-6-24-7-5-16/h1-3,8,23H,4-7,9H2,(H,19,22)(H,20,21). The van der Waals surface area contributed by atoms with Gasteiger partial charge in [-0.25, -0.2) is 8.78 Å². The molecule has 128 valence electrons. The first-order valence-corrected chi connectivity index (χ1v) is 7.56. The summed E-state index contributed by atoms with van der Waals surface area (Å²) in [4.78, 5) is 12.3. The monoisotopic (exact) mass is 337 g/mol. The molecule has 1 amide bonds. The molecule has 0 radical (unpaired) electrons. The van der Waals surface area contributed by atoms with E-state index in [1.54, 1.807) is 0 Å². The Morgan fingerprint density at radius 2 is 2.00 bits per heavy atom. The van der Waals surface area contributed by atoms with Gasteiger partial charge in [-0.3, -0.25) is 9.89 Å². The number of hydrogen-bond donors (Lipinski definition) is 3. The summed E-state index contributed by atoms with van der Waals surface area (Å²) in [5.74, 6) is -2.16. The summed E-state index contributed by atoms with van der Waals surface area (Å²) in [5, 5.41) is 19.1. The number of carbonyl (C=O) groups is 1. The van der Waals surface area contributed by atoms with Gasteiger partial charge in [-0.05, 0) is 12.1 Å². The van der Waals surface area contributed by atoms with Crippen molar-refractivity contribution in [3.63, 3.8) is 0 Å². The smallest absolute Gasteiger partial charge is 0.255 e. The quantitative estimate of drug-likeness (QED) is 0.791. The lowest BCUT2D eigenvalue weighted by molar-refractivity contribution is -0.0605. The van der Waals surface area contributed by atoms with E-state index in [-0.39, 0.29) is 23.4 Å². The molecule has 2 heterocycles. The molecule has 8 heteroatoms. The largest absolute Gasteiger partial charge is 0.388 e. The molecular formula is C16H17F2N3O3. The lowest BCUT2D eigenvalue weighted by Gasteiger charge is -2.32. The van der Waals surface area contributed by atoms with Crippen molar-refractivity contribution in [2.75, 3.05) is 19.8 Å². The molecule has 3 N–H and O–H groups in total. The minimum Gasteiger partial charge on any atom is -0.388 e. The molecule has 3 rings (SSSR count). The van der Waals surface area contributed by atoms with Gasteiger partial charge >= 0.3 is 0 Å². The minimum absolute atomic E-state index is 0.00894. The van der Waals surface area contributed by atoms with Gasteiger partial charge in [-0.15, -0.1) is 0 Å². The number of nitrogens with one attached hydrogen (secondary N) is 2. The van der Waals surface area contributed by atoms with Crippen LogP contribution in [0.5, 0.6) is 0 Å². The Bertz CT molecular complexity index is 722. The fourth-order valence-corrected chi connectivity index (χ4v) is 2.65. The molecule has 1 aliphatic heterocycles. The molecule has 0 spiro atoms. The number of aliphatic hydroxyl groups is 1. The Morgan fingerprint density at radius 1 is 1.33 bits per heavy atom. The van der Waals surface area contributed by atoms with Gasteiger partial charge in [-0.2, -0.15) is 5.10 Å². The van der Waals surface area contributed by atoms with E-state index in [0.717, 1.165) is 12.1 Å². The van der Waals surface area contributed by atoms with Crippen LogP contribution in [-0.2, 0) is 4.74 Å². The van der Waals surface area contributed by atoms with Gasteiger partial charge in [0.15, 0.2) is 0 Å². The number of carbonyl (C=O) groups excluding carboxylic acids is 1. The Balaban J connectivity index is 1.79. The zero-order valence-corrected chi connectivity index (χ0v) is 12.8. The summed E-state index contributed by atoms with van der Waals surface area (Å²) >= 11 is 0. The molecule has 0 bridgehead atoms. The zero-order chi connectivity index (χ0) is 17.2. The molecule has 1 saturated heterocycles. The van der Waals surface area contributed by atoms with Crippen molar-refractivity contribution < 1.29 is 23.4 Å². The van der Waals surface area contributed by atoms with Crippen LogP contribution in [0.4, 0.5) is 8.78 Å². The maximum Gasteiger partial charge on any atom is 0.255 e. The second-order valence-electron chi connectivity index (χ2n) is 5.77. The second-order valence-corrected chi connectivity index (χ2v) is 5.77. The number of aromatic nitrogens is 2. The maximum absolute atomic E-state index is 13.9. The maximum atomic E-state index is 13.9. The summed E-state index contributed by atoms with van der Waals surface area (Å²) in [6, 6.07) is 3.45. The van der Waals surface area contributed by atoms with Crippen molar-refractivity contribution in [3.05, 3.63) is 41.6 Å². The van der Waals surface area contributed by atoms with Crippen molar-refractivity contribution in [1.82, 2.24) is 15.5 Å². The first-order valence-electron chi connectivity index (χ1n) is 7.56. The third-order valence-electron chi connectivity index (χ3n) is 4.10. The highest BCUT2D eigenvalue weighted by molar-refractivity contribution is 5.99. The van der Waals surface area contributed by atoms with E-state index in [9.17, 15) is 18.7 Å². The van der Waals surface area contributed by atoms with E-state index in [1.807, 2.05) is 0 Å². The molecule has 0 saturated carbocycles. The van der Waals surface area contributed by atoms with Crippen LogP contribution in [0, 0.1) is 11.6 Å². The summed E-state index contributed by atoms with van der Waals surface area (Å²) < 4.78 is 33.0. The fraction of sp³-hybridized carbons (Fsp3) is 0.375. The predicted molar refractivity (Wildman–Crippen MR) is 81.3 cm³/mol. The van der Waals surface area contributed by atoms with Crippen molar-refractivity contribution in [2.45, 2.75) is 18.4 Å². The highest BCUT2D eigenvalue weighted by Gasteiger charge is 2.31. The topological polar surface area (TPSA) is 87.2 Å². The first kappa shape index (κ1) is 16.5. The van der Waals surface area contributed by atoms with Crippen LogP contribution >= 0.6 is 0 Å². The highest BCUT2D eigenvalue weighted by Crippen LogP contribution is 2.27. The normalized spacial score (nSPS) is 16.8. The van der Waals surface area contributed by atoms with Crippen LogP contribution in [-0.4, -0.2) is 46.6 Å². The zero-order valence-electron chi connectivity index (χ0n) is 12.8. The number of H-pyrrole nitrogens is 1. The summed E-state index contributed by atoms with van der Waals surface area (Å²) in [6.45, 7) is 0.868. The molecule has 1 aromatic carbocycles. The lowest BCUT2D eigenvalue weighted by Crippen LogP contribution is -2.46. The van der Waals surface area contributed by atoms with Gasteiger partial charge < -0.3 is 15.2 Å². The molecule has 1 aromatic heterocycles. The van der Waals surface area contributed by atoms with Crippen LogP contribution < -0.4 is 5.32 Å². The molecule has 6 nitrogen and oxygen atoms in total. The predicted octanol–water partition coefficient (Wildman–Crippen LogP) is 1.63. The average molecular weight is 337 g/mol. The van der Waals surface area contributed by atoms with E-state index < -0.39 is 23.1 Å². The average Bonchev–Trinajstić information content (AvgIpc) is 3.03. The first-order chi connectivity index (χ1) is 11.5. The third kappa shape index (κ3) is 3.29. The second kappa shape index (κ2) is 6.66. The number of benzene rings is 1. The number of rotatable bonds is 4. The van der Waals surface area contributed by atoms with Crippen molar-refractivity contribution in [3.8, 4) is 11.3 Å². The van der Waals surface area contributed by atoms with E-state index in [1.165, 1.54) is 12.3 Å². The molecule has 24 heavy (non-hydrogen) atoms. The molecule has 1 aliphatic rings. The van der Waals surface area contributed by atoms with E-state index in [2.05, 4.69) is 15.5 Å². The van der Waals surface area contributed by atoms with Gasteiger partial charge in [-0.1, -0.05) is 6.07 Å². The van der Waals surface area contributed by atoms with Gasteiger partial charge in [0, 0.05) is 32.6 Å². The Morgan fingerprint density at radius 3 is 2.67 bits per heavy atom. The van der Waals surface area contributed by atoms with Crippen molar-refractivity contribution in [1.29, 1.82) is 0 Å². The van der Waals surface area contributed by atoms with Gasteiger partial charge in [0.05, 0.1) is 28.6 Å². The molecule has 2 aromatic rings. The lowest BCUT2D eigenvalue weighted by atomic mass is 9.94. The van der Waals surface area contributed by atoms with E-state index in [4.69, 9.17) is 4.74 Å². The van der Waals surface area contributed by atoms with Crippen LogP contribution in [0.3, 0.4) is 0 Å². The fourth-order valence-electron chi connectivity index (χ4n) is 2.65. The number of aromatic amines is 1. The molecule has 0 unspecified atom stereocenters. The third-order valence-corrected chi connectivity index (χ3v) is 4.10. The van der Waals surface area contributed by atoms with Crippen LogP contribution in [0.2, 0.25) is 0 Å². The molecule has 0 aliphatic carbocycles. The Kier molecular flexibility index (Phi) is 4.59. The van der Waals surface area contributed by atoms with Crippen LogP contribution in [0.25, 0.3) is 11.3 Å². The van der Waals surface area contributed by atoms with Crippen molar-refractivity contribution in [2.24, 2.45) is 0 Å². The van der Waals surface area contributed by atoms with Gasteiger partial charge in [0.2, 0.25) is 0 Å². The van der Waals surface area contributed by atoms with Crippen LogP contribution in [0.15, 0.2) is 24.4 Å². The van der Waals surface area contributed by atoms with E-state index in [0.29, 0.717) is 26.1 Å². The SMILES string of the molecule is O=C(NCC1(O)CCOCC1)c1cn[nH]c1-c1c(F)cccc1F. The molecular weight excluding hydrogens is 320 g/mol. The molecule has 0 atom stereocenters. The summed E-state index contributed by atoms with van der Waals surface area (Å²) in [7, 11) is 0. The Labute approximate surface area is 136 Å².